The summed E-state index contributed by atoms with van der Waals surface area (Å²) in [6.07, 6.45) is 1.01. The lowest BCUT2D eigenvalue weighted by molar-refractivity contribution is 0.0930. The summed E-state index contributed by atoms with van der Waals surface area (Å²) in [4.78, 5) is 20.8. The summed E-state index contributed by atoms with van der Waals surface area (Å²) in [5.41, 5.74) is 5.25. The molecular weight excluding hydrogens is 450 g/mol. The van der Waals surface area contributed by atoms with E-state index < -0.39 is 0 Å². The number of aromatic amines is 1. The molecule has 0 aliphatic carbocycles. The maximum atomic E-state index is 12.8. The molecule has 0 aliphatic rings. The molecule has 180 valence electrons. The van der Waals surface area contributed by atoms with Gasteiger partial charge in [-0.2, -0.15) is 0 Å². The molecule has 3 rings (SSSR count). The Balaban J connectivity index is 1.69. The number of aliphatic hydroxyl groups is 1. The van der Waals surface area contributed by atoms with Crippen LogP contribution in [0.1, 0.15) is 54.5 Å². The normalized spacial score (nSPS) is 12.0. The fraction of sp³-hybridized carbons (Fsp3) is 0.333. The van der Waals surface area contributed by atoms with E-state index in [4.69, 9.17) is 16.3 Å². The average molecular weight is 482 g/mol. The summed E-state index contributed by atoms with van der Waals surface area (Å²) in [7, 11) is 0. The number of hydrogen-bond donors (Lipinski definition) is 3. The minimum absolute atomic E-state index is 0.0116. The number of rotatable bonds is 10. The van der Waals surface area contributed by atoms with Crippen LogP contribution in [0.3, 0.4) is 0 Å². The van der Waals surface area contributed by atoms with Gasteiger partial charge in [0.25, 0.3) is 5.91 Å². The van der Waals surface area contributed by atoms with Gasteiger partial charge in [0.1, 0.15) is 11.6 Å². The van der Waals surface area contributed by atoms with E-state index >= 15 is 0 Å². The van der Waals surface area contributed by atoms with Crippen LogP contribution < -0.4 is 10.1 Å². The molecule has 0 bridgehead atoms. The molecule has 0 fully saturated rings. The van der Waals surface area contributed by atoms with E-state index in [0.29, 0.717) is 29.2 Å². The Bertz CT molecular complexity index is 1150. The Morgan fingerprint density at radius 1 is 1.24 bits per heavy atom. The molecule has 0 aliphatic heterocycles. The Morgan fingerprint density at radius 2 is 1.94 bits per heavy atom. The number of carbonyl (C=O) groups is 1. The summed E-state index contributed by atoms with van der Waals surface area (Å²) in [6, 6.07) is 12.8. The van der Waals surface area contributed by atoms with E-state index in [2.05, 4.69) is 21.9 Å². The first-order valence-electron chi connectivity index (χ1n) is 11.4. The van der Waals surface area contributed by atoms with Crippen molar-refractivity contribution >= 4 is 23.1 Å². The lowest BCUT2D eigenvalue weighted by atomic mass is 10.0. The molecule has 7 heteroatoms. The van der Waals surface area contributed by atoms with Crippen LogP contribution in [0.25, 0.3) is 17.0 Å². The number of aliphatic hydroxyl groups excluding tert-OH is 1. The van der Waals surface area contributed by atoms with E-state index in [-0.39, 0.29) is 24.7 Å². The third-order valence-corrected chi connectivity index (χ3v) is 5.66. The van der Waals surface area contributed by atoms with Gasteiger partial charge in [-0.05, 0) is 69.9 Å². The second-order valence-corrected chi connectivity index (χ2v) is 9.14. The highest BCUT2D eigenvalue weighted by Crippen LogP contribution is 2.27. The largest absolute Gasteiger partial charge is 0.489 e. The summed E-state index contributed by atoms with van der Waals surface area (Å²) in [6.45, 7) is 11.7. The molecule has 0 radical (unpaired) electrons. The fourth-order valence-electron chi connectivity index (χ4n) is 3.74. The molecule has 3 N–H and O–H groups in total. The molecule has 6 nitrogen and oxygen atoms in total. The summed E-state index contributed by atoms with van der Waals surface area (Å²) >= 11 is 6.28. The van der Waals surface area contributed by atoms with E-state index in [1.165, 1.54) is 0 Å². The van der Waals surface area contributed by atoms with Crippen molar-refractivity contribution in [2.75, 3.05) is 6.61 Å². The Kier molecular flexibility index (Phi) is 8.53. The van der Waals surface area contributed by atoms with Crippen molar-refractivity contribution < 1.29 is 14.6 Å². The van der Waals surface area contributed by atoms with E-state index in [0.717, 1.165) is 33.9 Å². The van der Waals surface area contributed by atoms with Crippen molar-refractivity contribution in [2.45, 2.75) is 52.7 Å². The number of H-pyrrole nitrogens is 1. The number of allylic oxidation sites excluding steroid dienone is 1. The molecule has 34 heavy (non-hydrogen) atoms. The monoisotopic (exact) mass is 481 g/mol. The van der Waals surface area contributed by atoms with Gasteiger partial charge in [-0.25, -0.2) is 4.98 Å². The maximum Gasteiger partial charge on any atom is 0.251 e. The molecule has 0 unspecified atom stereocenters. The summed E-state index contributed by atoms with van der Waals surface area (Å²) in [5.74, 6) is 1.10. The van der Waals surface area contributed by atoms with Gasteiger partial charge in [0.05, 0.1) is 16.8 Å². The van der Waals surface area contributed by atoms with Gasteiger partial charge in [-0.1, -0.05) is 42.4 Å². The highest BCUT2D eigenvalue weighted by Gasteiger charge is 2.17. The van der Waals surface area contributed by atoms with E-state index in [9.17, 15) is 9.90 Å². The van der Waals surface area contributed by atoms with Crippen LogP contribution in [-0.4, -0.2) is 39.7 Å². The third kappa shape index (κ3) is 6.49. The van der Waals surface area contributed by atoms with Gasteiger partial charge >= 0.3 is 0 Å². The summed E-state index contributed by atoms with van der Waals surface area (Å²) < 4.78 is 5.63. The van der Waals surface area contributed by atoms with Crippen molar-refractivity contribution in [2.24, 2.45) is 0 Å². The van der Waals surface area contributed by atoms with Crippen LogP contribution in [0.15, 0.2) is 49.0 Å². The average Bonchev–Trinajstić information content (AvgIpc) is 3.17. The van der Waals surface area contributed by atoms with E-state index in [1.54, 1.807) is 18.2 Å². The highest BCUT2D eigenvalue weighted by atomic mass is 35.5. The lowest BCUT2D eigenvalue weighted by Gasteiger charge is -2.19. The van der Waals surface area contributed by atoms with Crippen molar-refractivity contribution in [1.82, 2.24) is 15.3 Å². The van der Waals surface area contributed by atoms with Gasteiger partial charge in [-0.15, -0.1) is 0 Å². The van der Waals surface area contributed by atoms with Gasteiger partial charge in [-0.3, -0.25) is 4.79 Å². The van der Waals surface area contributed by atoms with Gasteiger partial charge in [0, 0.05) is 29.5 Å². The first kappa shape index (κ1) is 25.5. The molecule has 0 saturated carbocycles. The minimum Gasteiger partial charge on any atom is -0.489 e. The molecule has 1 amide bonds. The molecule has 1 heterocycles. The van der Waals surface area contributed by atoms with Crippen molar-refractivity contribution in [3.05, 3.63) is 76.6 Å². The third-order valence-electron chi connectivity index (χ3n) is 5.37. The second kappa shape index (κ2) is 11.4. The molecule has 3 aromatic rings. The van der Waals surface area contributed by atoms with Crippen LogP contribution >= 0.6 is 11.6 Å². The molecule has 1 aromatic heterocycles. The number of nitrogens with one attached hydrogen (secondary N) is 2. The molecule has 0 saturated heterocycles. The van der Waals surface area contributed by atoms with Gasteiger partial charge in [0.15, 0.2) is 0 Å². The van der Waals surface area contributed by atoms with Gasteiger partial charge < -0.3 is 20.1 Å². The predicted octanol–water partition coefficient (Wildman–Crippen LogP) is 5.58. The molecule has 1 atom stereocenters. The van der Waals surface area contributed by atoms with Crippen LogP contribution in [0.4, 0.5) is 0 Å². The highest BCUT2D eigenvalue weighted by molar-refractivity contribution is 6.32. The first-order valence-corrected chi connectivity index (χ1v) is 11.8. The van der Waals surface area contributed by atoms with Gasteiger partial charge in [0.2, 0.25) is 0 Å². The maximum absolute atomic E-state index is 12.8. The number of hydrogen-bond acceptors (Lipinski definition) is 4. The first-order chi connectivity index (χ1) is 16.2. The number of amides is 1. The Morgan fingerprint density at radius 3 is 2.50 bits per heavy atom. The van der Waals surface area contributed by atoms with Crippen LogP contribution in [0.5, 0.6) is 5.75 Å². The number of ether oxygens (including phenoxy) is 1. The quantitative estimate of drug-likeness (QED) is 0.352. The zero-order valence-corrected chi connectivity index (χ0v) is 20.9. The second-order valence-electron chi connectivity index (χ2n) is 8.73. The number of halogens is 1. The molecule has 2 aromatic carbocycles. The Labute approximate surface area is 206 Å². The summed E-state index contributed by atoms with van der Waals surface area (Å²) in [5, 5.41) is 12.9. The number of carbonyl (C=O) groups excluding carboxylic acids is 1. The zero-order valence-electron chi connectivity index (χ0n) is 20.1. The zero-order chi connectivity index (χ0) is 24.8. The standard InChI is InChI=1S/C27H32ClN3O3/c1-16(2)25-18(5)29-26(31-25)20-8-6-19(7-9-20)14-22(12-13-32)30-27(33)21-10-11-24(23(28)15-21)34-17(3)4/h6-11,15,17,22,32H,1,12-14H2,2-5H3,(H,29,31)(H,30,33)/t22-/m1/s1. The Hall–Kier alpha value is -3.09. The number of aryl methyl sites for hydroxylation is 1. The number of imidazole rings is 1. The lowest BCUT2D eigenvalue weighted by Crippen LogP contribution is -2.37. The number of aromatic nitrogens is 2. The van der Waals surface area contributed by atoms with E-state index in [1.807, 2.05) is 52.0 Å². The van der Waals surface area contributed by atoms with Crippen molar-refractivity contribution in [3.63, 3.8) is 0 Å². The molecular formula is C27H32ClN3O3. The minimum atomic E-state index is -0.244. The fourth-order valence-corrected chi connectivity index (χ4v) is 3.96. The SMILES string of the molecule is C=C(C)c1nc(-c2ccc(C[C@@H](CCO)NC(=O)c3ccc(OC(C)C)c(Cl)c3)cc2)[nH]c1C. The van der Waals surface area contributed by atoms with Crippen LogP contribution in [0, 0.1) is 6.92 Å². The molecule has 0 spiro atoms. The smallest absolute Gasteiger partial charge is 0.251 e. The van der Waals surface area contributed by atoms with Crippen molar-refractivity contribution in [3.8, 4) is 17.1 Å². The van der Waals surface area contributed by atoms with Crippen molar-refractivity contribution in [1.29, 1.82) is 0 Å². The topological polar surface area (TPSA) is 87.2 Å². The number of nitrogens with zero attached hydrogens (tertiary/aromatic N) is 1. The number of benzene rings is 2. The van der Waals surface area contributed by atoms with Crippen LogP contribution in [0.2, 0.25) is 5.02 Å². The predicted molar refractivity (Wildman–Crippen MR) is 137 cm³/mol. The van der Waals surface area contributed by atoms with Crippen LogP contribution in [-0.2, 0) is 6.42 Å².